The van der Waals surface area contributed by atoms with Gasteiger partial charge in [0.05, 0.1) is 6.20 Å². The molecule has 0 radical (unpaired) electrons. The summed E-state index contributed by atoms with van der Waals surface area (Å²) >= 11 is 0. The summed E-state index contributed by atoms with van der Waals surface area (Å²) in [5.41, 5.74) is -0.0806. The first-order valence-corrected chi connectivity index (χ1v) is 5.80. The maximum atomic E-state index is 11.8. The van der Waals surface area contributed by atoms with Crippen LogP contribution >= 0.6 is 0 Å². The first-order valence-electron chi connectivity index (χ1n) is 5.80. The number of carbonyl (C=O) groups excluding carboxylic acids is 1. The number of nitrogens with zero attached hydrogens (tertiary/aromatic N) is 4. The monoisotopic (exact) mass is 269 g/mol. The first kappa shape index (κ1) is 15.1. The topological polar surface area (TPSA) is 100 Å². The Balaban J connectivity index is 2.59. The number of carboxylic acids is 1. The summed E-state index contributed by atoms with van der Waals surface area (Å²) < 4.78 is 1.11. The summed E-state index contributed by atoms with van der Waals surface area (Å²) in [5, 5.41) is 18.5. The molecule has 8 heteroatoms. The van der Waals surface area contributed by atoms with Crippen LogP contribution in [0.1, 0.15) is 24.3 Å². The summed E-state index contributed by atoms with van der Waals surface area (Å²) in [6, 6.07) is 0. The normalized spacial score (nSPS) is 11.6. The second-order valence-corrected chi connectivity index (χ2v) is 5.08. The van der Waals surface area contributed by atoms with Crippen LogP contribution in [0.3, 0.4) is 0 Å². The lowest BCUT2D eigenvalue weighted by Crippen LogP contribution is -2.48. The van der Waals surface area contributed by atoms with E-state index in [1.165, 1.54) is 6.20 Å². The first-order chi connectivity index (χ1) is 8.72. The maximum Gasteiger partial charge on any atom is 0.325 e. The van der Waals surface area contributed by atoms with E-state index in [9.17, 15) is 9.59 Å². The molecule has 8 nitrogen and oxygen atoms in total. The van der Waals surface area contributed by atoms with Gasteiger partial charge >= 0.3 is 5.97 Å². The molecule has 1 rings (SSSR count). The van der Waals surface area contributed by atoms with Gasteiger partial charge in [0.25, 0.3) is 5.91 Å². The molecule has 1 aromatic rings. The van der Waals surface area contributed by atoms with Crippen molar-refractivity contribution in [3.05, 3.63) is 11.9 Å². The Morgan fingerprint density at radius 3 is 2.63 bits per heavy atom. The molecular formula is C11H19N5O3. The van der Waals surface area contributed by atoms with Crippen LogP contribution in [0.5, 0.6) is 0 Å². The second-order valence-electron chi connectivity index (χ2n) is 5.08. The van der Waals surface area contributed by atoms with E-state index in [-0.39, 0.29) is 23.7 Å². The van der Waals surface area contributed by atoms with Gasteiger partial charge in [-0.2, -0.15) is 0 Å². The highest BCUT2D eigenvalue weighted by molar-refractivity contribution is 5.91. The minimum absolute atomic E-state index is 0.107. The van der Waals surface area contributed by atoms with Gasteiger partial charge in [-0.3, -0.25) is 9.59 Å². The van der Waals surface area contributed by atoms with Crippen LogP contribution in [0.2, 0.25) is 0 Å². The van der Waals surface area contributed by atoms with Crippen molar-refractivity contribution >= 4 is 11.9 Å². The lowest BCUT2D eigenvalue weighted by Gasteiger charge is -2.32. The number of amides is 1. The van der Waals surface area contributed by atoms with Crippen LogP contribution in [-0.4, -0.2) is 63.1 Å². The molecule has 0 aromatic carbocycles. The van der Waals surface area contributed by atoms with Crippen molar-refractivity contribution in [1.29, 1.82) is 0 Å². The molecule has 1 heterocycles. The Labute approximate surface area is 111 Å². The standard InChI is InChI=1S/C11H19N5O3/c1-11(2,15(3)4)7-12-10(19)8-5-16(14-13-8)6-9(17)18/h5H,6-7H2,1-4H3,(H,12,19)(H,17,18). The highest BCUT2D eigenvalue weighted by atomic mass is 16.4. The van der Waals surface area contributed by atoms with Crippen molar-refractivity contribution in [2.45, 2.75) is 25.9 Å². The summed E-state index contributed by atoms with van der Waals surface area (Å²) in [5.74, 6) is -1.41. The van der Waals surface area contributed by atoms with E-state index in [0.29, 0.717) is 6.54 Å². The van der Waals surface area contributed by atoms with Crippen LogP contribution in [0.15, 0.2) is 6.20 Å². The molecule has 0 saturated heterocycles. The minimum Gasteiger partial charge on any atom is -0.480 e. The average molecular weight is 269 g/mol. The number of aliphatic carboxylic acids is 1. The molecule has 0 atom stereocenters. The van der Waals surface area contributed by atoms with Gasteiger partial charge < -0.3 is 15.3 Å². The molecule has 19 heavy (non-hydrogen) atoms. The van der Waals surface area contributed by atoms with Gasteiger partial charge in [0.15, 0.2) is 5.69 Å². The largest absolute Gasteiger partial charge is 0.480 e. The molecule has 1 amide bonds. The van der Waals surface area contributed by atoms with Crippen LogP contribution in [0, 0.1) is 0 Å². The molecule has 0 bridgehead atoms. The minimum atomic E-state index is -1.04. The summed E-state index contributed by atoms with van der Waals surface area (Å²) in [6.07, 6.45) is 1.31. The van der Waals surface area contributed by atoms with E-state index >= 15 is 0 Å². The summed E-state index contributed by atoms with van der Waals surface area (Å²) in [6.45, 7) is 4.12. The Morgan fingerprint density at radius 1 is 1.47 bits per heavy atom. The zero-order valence-corrected chi connectivity index (χ0v) is 11.5. The Kier molecular flexibility index (Phi) is 4.60. The van der Waals surface area contributed by atoms with Crippen LogP contribution < -0.4 is 5.32 Å². The zero-order chi connectivity index (χ0) is 14.6. The van der Waals surface area contributed by atoms with E-state index in [1.807, 2.05) is 32.8 Å². The van der Waals surface area contributed by atoms with Crippen molar-refractivity contribution in [2.24, 2.45) is 0 Å². The fourth-order valence-electron chi connectivity index (χ4n) is 1.16. The van der Waals surface area contributed by atoms with Crippen molar-refractivity contribution < 1.29 is 14.7 Å². The third-order valence-electron chi connectivity index (χ3n) is 2.96. The zero-order valence-electron chi connectivity index (χ0n) is 11.5. The number of likely N-dealkylation sites (N-methyl/N-ethyl adjacent to an activating group) is 1. The van der Waals surface area contributed by atoms with E-state index in [4.69, 9.17) is 5.11 Å². The molecule has 106 valence electrons. The molecule has 0 unspecified atom stereocenters. The van der Waals surface area contributed by atoms with Crippen molar-refractivity contribution in [1.82, 2.24) is 25.2 Å². The van der Waals surface area contributed by atoms with E-state index in [0.717, 1.165) is 4.68 Å². The summed E-state index contributed by atoms with van der Waals surface area (Å²) in [7, 11) is 3.85. The van der Waals surface area contributed by atoms with E-state index in [1.54, 1.807) is 0 Å². The predicted molar refractivity (Wildman–Crippen MR) is 67.8 cm³/mol. The average Bonchev–Trinajstić information content (AvgIpc) is 2.73. The van der Waals surface area contributed by atoms with Gasteiger partial charge in [-0.25, -0.2) is 4.68 Å². The fraction of sp³-hybridized carbons (Fsp3) is 0.636. The maximum absolute atomic E-state index is 11.8. The molecule has 0 aliphatic heterocycles. The lowest BCUT2D eigenvalue weighted by atomic mass is 10.0. The van der Waals surface area contributed by atoms with Gasteiger partial charge in [-0.15, -0.1) is 5.10 Å². The van der Waals surface area contributed by atoms with Crippen molar-refractivity contribution in [3.63, 3.8) is 0 Å². The van der Waals surface area contributed by atoms with Gasteiger partial charge in [-0.05, 0) is 27.9 Å². The van der Waals surface area contributed by atoms with Crippen LogP contribution in [-0.2, 0) is 11.3 Å². The Hall–Kier alpha value is -1.96. The number of carbonyl (C=O) groups is 2. The molecule has 0 fully saturated rings. The number of nitrogens with one attached hydrogen (secondary N) is 1. The number of rotatable bonds is 6. The molecule has 0 spiro atoms. The molecule has 1 aromatic heterocycles. The van der Waals surface area contributed by atoms with Gasteiger partial charge in [0, 0.05) is 12.1 Å². The van der Waals surface area contributed by atoms with E-state index < -0.39 is 5.97 Å². The molecule has 0 aliphatic carbocycles. The lowest BCUT2D eigenvalue weighted by molar-refractivity contribution is -0.137. The number of carboxylic acid groups (broad SMARTS) is 1. The Morgan fingerprint density at radius 2 is 2.11 bits per heavy atom. The molecule has 2 N–H and O–H groups in total. The smallest absolute Gasteiger partial charge is 0.325 e. The molecule has 0 aliphatic rings. The SMILES string of the molecule is CN(C)C(C)(C)CNC(=O)c1cn(CC(=O)O)nn1. The molecular weight excluding hydrogens is 250 g/mol. The number of aromatic nitrogens is 3. The molecule has 0 saturated carbocycles. The highest BCUT2D eigenvalue weighted by Gasteiger charge is 2.22. The van der Waals surface area contributed by atoms with E-state index in [2.05, 4.69) is 15.6 Å². The predicted octanol–water partition coefficient (Wildman–Crippen LogP) is -0.567. The summed E-state index contributed by atoms with van der Waals surface area (Å²) in [4.78, 5) is 24.3. The van der Waals surface area contributed by atoms with Gasteiger partial charge in [-0.1, -0.05) is 5.21 Å². The van der Waals surface area contributed by atoms with Gasteiger partial charge in [0.1, 0.15) is 6.54 Å². The second kappa shape index (κ2) is 5.79. The number of hydrogen-bond donors (Lipinski definition) is 2. The van der Waals surface area contributed by atoms with Crippen molar-refractivity contribution in [3.8, 4) is 0 Å². The number of hydrogen-bond acceptors (Lipinski definition) is 5. The third-order valence-corrected chi connectivity index (χ3v) is 2.96. The van der Waals surface area contributed by atoms with Crippen LogP contribution in [0.25, 0.3) is 0 Å². The third kappa shape index (κ3) is 4.32. The van der Waals surface area contributed by atoms with Crippen molar-refractivity contribution in [2.75, 3.05) is 20.6 Å². The Bertz CT molecular complexity index is 467. The van der Waals surface area contributed by atoms with Gasteiger partial charge in [0.2, 0.25) is 0 Å². The highest BCUT2D eigenvalue weighted by Crippen LogP contribution is 2.08. The fourth-order valence-corrected chi connectivity index (χ4v) is 1.16. The van der Waals surface area contributed by atoms with Crippen LogP contribution in [0.4, 0.5) is 0 Å². The quantitative estimate of drug-likeness (QED) is 0.717.